The van der Waals surface area contributed by atoms with Crippen molar-refractivity contribution in [1.29, 1.82) is 0 Å². The average Bonchev–Trinajstić information content (AvgIpc) is 2.55. The quantitative estimate of drug-likeness (QED) is 0.843. The molecule has 2 unspecified atom stereocenters. The number of aromatic carboxylic acids is 1. The molecule has 100 valence electrons. The highest BCUT2D eigenvalue weighted by Crippen LogP contribution is 2.35. The third kappa shape index (κ3) is 2.10. The molecule has 1 aliphatic rings. The molecule has 1 aromatic rings. The Balaban J connectivity index is 2.53. The normalized spacial score (nSPS) is 23.0. The van der Waals surface area contributed by atoms with E-state index in [1.165, 1.54) is 18.2 Å². The van der Waals surface area contributed by atoms with Crippen LogP contribution in [-0.4, -0.2) is 22.9 Å². The summed E-state index contributed by atoms with van der Waals surface area (Å²) in [6.07, 6.45) is 0. The van der Waals surface area contributed by atoms with Gasteiger partial charge in [-0.1, -0.05) is 25.4 Å². The van der Waals surface area contributed by atoms with E-state index in [1.807, 2.05) is 0 Å². The molecule has 0 spiro atoms. The van der Waals surface area contributed by atoms with Gasteiger partial charge in [0, 0.05) is 11.8 Å². The number of halogens is 1. The summed E-state index contributed by atoms with van der Waals surface area (Å²) in [6.45, 7) is 3.33. The van der Waals surface area contributed by atoms with Crippen LogP contribution in [-0.2, 0) is 9.59 Å². The van der Waals surface area contributed by atoms with Gasteiger partial charge in [-0.05, 0) is 18.2 Å². The van der Waals surface area contributed by atoms with E-state index in [4.69, 9.17) is 16.7 Å². The number of carboxylic acid groups (broad SMARTS) is 1. The molecular formula is C13H12ClNO4. The summed E-state index contributed by atoms with van der Waals surface area (Å²) in [6, 6.07) is 3.94. The van der Waals surface area contributed by atoms with Gasteiger partial charge in [0.2, 0.25) is 11.8 Å². The van der Waals surface area contributed by atoms with Gasteiger partial charge in [-0.25, -0.2) is 9.69 Å². The molecule has 6 heteroatoms. The number of nitrogens with zero attached hydrogens (tertiary/aromatic N) is 1. The first kappa shape index (κ1) is 13.5. The number of carbonyl (C=O) groups is 3. The van der Waals surface area contributed by atoms with Gasteiger partial charge in [0.15, 0.2) is 0 Å². The SMILES string of the molecule is CC1C(=O)N(c2cc(C(=O)O)ccc2Cl)C(=O)C1C. The summed E-state index contributed by atoms with van der Waals surface area (Å²) in [4.78, 5) is 36.0. The second-order valence-electron chi connectivity index (χ2n) is 4.56. The Morgan fingerprint density at radius 2 is 1.74 bits per heavy atom. The minimum atomic E-state index is -1.14. The van der Waals surface area contributed by atoms with Crippen molar-refractivity contribution >= 4 is 35.1 Å². The van der Waals surface area contributed by atoms with Crippen molar-refractivity contribution in [3.8, 4) is 0 Å². The van der Waals surface area contributed by atoms with Crippen molar-refractivity contribution in [2.75, 3.05) is 4.90 Å². The van der Waals surface area contributed by atoms with Crippen LogP contribution in [0.1, 0.15) is 24.2 Å². The van der Waals surface area contributed by atoms with Gasteiger partial charge >= 0.3 is 5.97 Å². The maximum absolute atomic E-state index is 12.1. The Morgan fingerprint density at radius 1 is 1.21 bits per heavy atom. The maximum atomic E-state index is 12.1. The molecule has 1 heterocycles. The van der Waals surface area contributed by atoms with Crippen LogP contribution in [0.2, 0.25) is 5.02 Å². The molecule has 2 amide bonds. The number of carboxylic acids is 1. The molecule has 0 aromatic heterocycles. The van der Waals surface area contributed by atoms with E-state index in [0.29, 0.717) is 0 Å². The number of amides is 2. The first-order valence-electron chi connectivity index (χ1n) is 5.75. The standard InChI is InChI=1S/C13H12ClNO4/c1-6-7(2)12(17)15(11(6)16)10-5-8(13(18)19)3-4-9(10)14/h3-7H,1-2H3,(H,18,19). The highest BCUT2D eigenvalue weighted by atomic mass is 35.5. The van der Waals surface area contributed by atoms with E-state index in [2.05, 4.69) is 0 Å². The first-order chi connectivity index (χ1) is 8.84. The Hall–Kier alpha value is -1.88. The zero-order chi connectivity index (χ0) is 14.3. The van der Waals surface area contributed by atoms with Crippen LogP contribution < -0.4 is 4.90 Å². The summed E-state index contributed by atoms with van der Waals surface area (Å²) < 4.78 is 0. The third-order valence-electron chi connectivity index (χ3n) is 3.40. The van der Waals surface area contributed by atoms with Crippen molar-refractivity contribution in [2.45, 2.75) is 13.8 Å². The summed E-state index contributed by atoms with van der Waals surface area (Å²) in [5.74, 6) is -2.73. The minimum absolute atomic E-state index is 0.0211. The van der Waals surface area contributed by atoms with Crippen molar-refractivity contribution in [1.82, 2.24) is 0 Å². The number of imide groups is 1. The number of carbonyl (C=O) groups excluding carboxylic acids is 2. The lowest BCUT2D eigenvalue weighted by Crippen LogP contribution is -2.31. The zero-order valence-corrected chi connectivity index (χ0v) is 11.1. The lowest BCUT2D eigenvalue weighted by molar-refractivity contribution is -0.122. The van der Waals surface area contributed by atoms with E-state index in [-0.39, 0.29) is 28.1 Å². The summed E-state index contributed by atoms with van der Waals surface area (Å²) in [5, 5.41) is 9.12. The molecule has 0 radical (unpaired) electrons. The highest BCUT2D eigenvalue weighted by Gasteiger charge is 2.43. The van der Waals surface area contributed by atoms with Crippen molar-refractivity contribution < 1.29 is 19.5 Å². The van der Waals surface area contributed by atoms with E-state index in [9.17, 15) is 14.4 Å². The van der Waals surface area contributed by atoms with E-state index in [1.54, 1.807) is 13.8 Å². The van der Waals surface area contributed by atoms with Crippen molar-refractivity contribution in [3.63, 3.8) is 0 Å². The number of rotatable bonds is 2. The lowest BCUT2D eigenvalue weighted by Gasteiger charge is -2.16. The predicted molar refractivity (Wildman–Crippen MR) is 69.2 cm³/mol. The first-order valence-corrected chi connectivity index (χ1v) is 6.13. The topological polar surface area (TPSA) is 74.7 Å². The molecule has 5 nitrogen and oxygen atoms in total. The van der Waals surface area contributed by atoms with Crippen LogP contribution in [0.25, 0.3) is 0 Å². The van der Waals surface area contributed by atoms with Gasteiger partial charge < -0.3 is 5.11 Å². The molecule has 0 saturated carbocycles. The number of benzene rings is 1. The molecule has 0 aliphatic carbocycles. The van der Waals surface area contributed by atoms with Gasteiger partial charge in [-0.3, -0.25) is 9.59 Å². The van der Waals surface area contributed by atoms with Crippen LogP contribution in [0.3, 0.4) is 0 Å². The Kier molecular flexibility index (Phi) is 3.32. The minimum Gasteiger partial charge on any atom is -0.478 e. The van der Waals surface area contributed by atoms with E-state index in [0.717, 1.165) is 4.90 Å². The third-order valence-corrected chi connectivity index (χ3v) is 3.72. The number of hydrogen-bond donors (Lipinski definition) is 1. The van der Waals surface area contributed by atoms with Gasteiger partial charge in [0.25, 0.3) is 0 Å². The van der Waals surface area contributed by atoms with Crippen molar-refractivity contribution in [3.05, 3.63) is 28.8 Å². The fourth-order valence-corrected chi connectivity index (χ4v) is 2.20. The second-order valence-corrected chi connectivity index (χ2v) is 4.97. The van der Waals surface area contributed by atoms with E-state index >= 15 is 0 Å². The second kappa shape index (κ2) is 4.66. The van der Waals surface area contributed by atoms with Crippen LogP contribution in [0.5, 0.6) is 0 Å². The van der Waals surface area contributed by atoms with Crippen LogP contribution in [0, 0.1) is 11.8 Å². The molecule has 2 atom stereocenters. The maximum Gasteiger partial charge on any atom is 0.335 e. The van der Waals surface area contributed by atoms with Gasteiger partial charge in [0.05, 0.1) is 16.3 Å². The summed E-state index contributed by atoms with van der Waals surface area (Å²) >= 11 is 5.97. The van der Waals surface area contributed by atoms with Crippen LogP contribution in [0.15, 0.2) is 18.2 Å². The molecule has 1 N–H and O–H groups in total. The molecule has 19 heavy (non-hydrogen) atoms. The molecule has 1 fully saturated rings. The van der Waals surface area contributed by atoms with Crippen molar-refractivity contribution in [2.24, 2.45) is 11.8 Å². The number of anilines is 1. The van der Waals surface area contributed by atoms with Crippen LogP contribution in [0.4, 0.5) is 5.69 Å². The molecule has 1 aliphatic heterocycles. The monoisotopic (exact) mass is 281 g/mol. The fourth-order valence-electron chi connectivity index (χ4n) is 2.00. The fraction of sp³-hybridized carbons (Fsp3) is 0.308. The summed E-state index contributed by atoms with van der Waals surface area (Å²) in [5.41, 5.74) is 0.111. The highest BCUT2D eigenvalue weighted by molar-refractivity contribution is 6.36. The summed E-state index contributed by atoms with van der Waals surface area (Å²) in [7, 11) is 0. The van der Waals surface area contributed by atoms with Gasteiger partial charge in [0.1, 0.15) is 0 Å². The smallest absolute Gasteiger partial charge is 0.335 e. The Labute approximate surface area is 114 Å². The number of hydrogen-bond acceptors (Lipinski definition) is 3. The largest absolute Gasteiger partial charge is 0.478 e. The lowest BCUT2D eigenvalue weighted by atomic mass is 10.00. The average molecular weight is 282 g/mol. The Bertz CT molecular complexity index is 564. The molecular weight excluding hydrogens is 270 g/mol. The van der Waals surface area contributed by atoms with Crippen LogP contribution >= 0.6 is 11.6 Å². The predicted octanol–water partition coefficient (Wildman–Crippen LogP) is 2.18. The molecule has 1 aromatic carbocycles. The molecule has 2 rings (SSSR count). The Morgan fingerprint density at radius 3 is 2.21 bits per heavy atom. The van der Waals surface area contributed by atoms with Gasteiger partial charge in [-0.2, -0.15) is 0 Å². The van der Waals surface area contributed by atoms with Gasteiger partial charge in [-0.15, -0.1) is 0 Å². The molecule has 0 bridgehead atoms. The molecule has 1 saturated heterocycles. The van der Waals surface area contributed by atoms with E-state index < -0.39 is 17.8 Å². The zero-order valence-electron chi connectivity index (χ0n) is 10.4.